The van der Waals surface area contributed by atoms with Crippen LogP contribution in [0.1, 0.15) is 57.8 Å². The fourth-order valence-electron chi connectivity index (χ4n) is 4.22. The van der Waals surface area contributed by atoms with Crippen LogP contribution in [0.15, 0.2) is 0 Å². The minimum Gasteiger partial charge on any atom is -0.376 e. The van der Waals surface area contributed by atoms with Crippen LogP contribution in [0.2, 0.25) is 0 Å². The van der Waals surface area contributed by atoms with Gasteiger partial charge in [0, 0.05) is 25.2 Å². The molecule has 2 aliphatic heterocycles. The van der Waals surface area contributed by atoms with Gasteiger partial charge in [0.15, 0.2) is 0 Å². The Morgan fingerprint density at radius 2 is 1.83 bits per heavy atom. The van der Waals surface area contributed by atoms with Crippen LogP contribution < -0.4 is 5.32 Å². The molecule has 0 spiro atoms. The van der Waals surface area contributed by atoms with Gasteiger partial charge in [-0.1, -0.05) is 19.3 Å². The molecule has 23 heavy (non-hydrogen) atoms. The van der Waals surface area contributed by atoms with Gasteiger partial charge in [0.25, 0.3) is 0 Å². The van der Waals surface area contributed by atoms with E-state index in [4.69, 9.17) is 4.74 Å². The molecule has 0 radical (unpaired) electrons. The largest absolute Gasteiger partial charge is 0.376 e. The Hall–Kier alpha value is -0.810. The number of carbonyl (C=O) groups is 1. The second kappa shape index (κ2) is 8.34. The maximum atomic E-state index is 12.9. The average Bonchev–Trinajstić information content (AvgIpc) is 3.08. The summed E-state index contributed by atoms with van der Waals surface area (Å²) in [6, 6.07) is 0.912. The summed E-state index contributed by atoms with van der Waals surface area (Å²) in [7, 11) is 2.17. The summed E-state index contributed by atoms with van der Waals surface area (Å²) in [6.07, 6.45) is 10.8. The van der Waals surface area contributed by atoms with E-state index >= 15 is 0 Å². The highest BCUT2D eigenvalue weighted by atomic mass is 16.5. The normalized spacial score (nSPS) is 28.0. The zero-order valence-corrected chi connectivity index (χ0v) is 14.6. The Morgan fingerprint density at radius 3 is 2.48 bits per heavy atom. The third-order valence-corrected chi connectivity index (χ3v) is 5.75. The van der Waals surface area contributed by atoms with E-state index in [9.17, 15) is 4.79 Å². The third-order valence-electron chi connectivity index (χ3n) is 5.75. The van der Waals surface area contributed by atoms with E-state index < -0.39 is 0 Å². The predicted octanol–water partition coefficient (Wildman–Crippen LogP) is 2.60. The lowest BCUT2D eigenvalue weighted by Crippen LogP contribution is -2.54. The minimum atomic E-state index is 0.155. The van der Waals surface area contributed by atoms with Gasteiger partial charge in [-0.2, -0.15) is 0 Å². The number of nitrogens with one attached hydrogen (secondary N) is 1. The molecular formula is C18H33N3O2. The zero-order chi connectivity index (χ0) is 16.1. The zero-order valence-electron chi connectivity index (χ0n) is 14.6. The SMILES string of the molecule is CN1CCC(N(C[C@H]2CCCO2)C(=O)NC2CCCCC2)CC1. The van der Waals surface area contributed by atoms with Crippen molar-refractivity contribution in [3.8, 4) is 0 Å². The van der Waals surface area contributed by atoms with E-state index in [1.165, 1.54) is 19.3 Å². The molecule has 1 aliphatic carbocycles. The monoisotopic (exact) mass is 323 g/mol. The number of carbonyl (C=O) groups excluding carboxylic acids is 1. The molecule has 0 bridgehead atoms. The summed E-state index contributed by atoms with van der Waals surface area (Å²) >= 11 is 0. The van der Waals surface area contributed by atoms with Gasteiger partial charge in [-0.3, -0.25) is 0 Å². The van der Waals surface area contributed by atoms with Gasteiger partial charge in [-0.25, -0.2) is 4.79 Å². The van der Waals surface area contributed by atoms with Gasteiger partial charge in [-0.05, 0) is 58.7 Å². The van der Waals surface area contributed by atoms with Gasteiger partial charge < -0.3 is 19.9 Å². The van der Waals surface area contributed by atoms with Crippen LogP contribution >= 0.6 is 0 Å². The van der Waals surface area contributed by atoms with Gasteiger partial charge in [-0.15, -0.1) is 0 Å². The van der Waals surface area contributed by atoms with Crippen molar-refractivity contribution in [3.63, 3.8) is 0 Å². The number of piperidine rings is 1. The van der Waals surface area contributed by atoms with Crippen molar-refractivity contribution < 1.29 is 9.53 Å². The lowest BCUT2D eigenvalue weighted by atomic mass is 9.95. The van der Waals surface area contributed by atoms with E-state index in [1.807, 2.05) is 0 Å². The first-order chi connectivity index (χ1) is 11.2. The number of amides is 2. The number of ether oxygens (including phenoxy) is 1. The topological polar surface area (TPSA) is 44.8 Å². The third kappa shape index (κ3) is 4.83. The number of rotatable bonds is 4. The minimum absolute atomic E-state index is 0.155. The predicted molar refractivity (Wildman–Crippen MR) is 91.6 cm³/mol. The van der Waals surface area contributed by atoms with E-state index in [-0.39, 0.29) is 12.1 Å². The van der Waals surface area contributed by atoms with Crippen LogP contribution in [-0.2, 0) is 4.74 Å². The van der Waals surface area contributed by atoms with Crippen LogP contribution in [0.5, 0.6) is 0 Å². The van der Waals surface area contributed by atoms with Crippen molar-refractivity contribution in [2.24, 2.45) is 0 Å². The highest BCUT2D eigenvalue weighted by molar-refractivity contribution is 5.75. The van der Waals surface area contributed by atoms with Gasteiger partial charge in [0.2, 0.25) is 0 Å². The molecule has 0 aromatic carbocycles. The maximum Gasteiger partial charge on any atom is 0.317 e. The summed E-state index contributed by atoms with van der Waals surface area (Å²) in [5, 5.41) is 3.32. The molecule has 3 rings (SSSR count). The fraction of sp³-hybridized carbons (Fsp3) is 0.944. The molecule has 0 aromatic heterocycles. The van der Waals surface area contributed by atoms with E-state index in [2.05, 4.69) is 22.2 Å². The second-order valence-corrected chi connectivity index (χ2v) is 7.61. The molecule has 5 heteroatoms. The summed E-state index contributed by atoms with van der Waals surface area (Å²) in [5.74, 6) is 0. The second-order valence-electron chi connectivity index (χ2n) is 7.61. The number of hydrogen-bond donors (Lipinski definition) is 1. The molecule has 1 saturated carbocycles. The highest BCUT2D eigenvalue weighted by Gasteiger charge is 2.31. The number of likely N-dealkylation sites (tertiary alicyclic amines) is 1. The summed E-state index contributed by atoms with van der Waals surface area (Å²) < 4.78 is 5.80. The smallest absolute Gasteiger partial charge is 0.317 e. The maximum absolute atomic E-state index is 12.9. The standard InChI is InChI=1S/C18H33N3O2/c1-20-11-9-16(10-12-20)21(14-17-8-5-13-23-17)18(22)19-15-6-3-2-4-7-15/h15-17H,2-14H2,1H3,(H,19,22)/t17-/m1/s1. The Labute approximate surface area is 140 Å². The van der Waals surface area contributed by atoms with Crippen LogP contribution in [-0.4, -0.2) is 67.3 Å². The van der Waals surface area contributed by atoms with E-state index in [0.717, 1.165) is 64.8 Å². The molecule has 0 unspecified atom stereocenters. The number of urea groups is 1. The molecule has 3 aliphatic rings. The van der Waals surface area contributed by atoms with Crippen molar-refractivity contribution in [2.75, 3.05) is 33.3 Å². The van der Waals surface area contributed by atoms with E-state index in [0.29, 0.717) is 12.1 Å². The number of hydrogen-bond acceptors (Lipinski definition) is 3. The molecule has 2 heterocycles. The Kier molecular flexibility index (Phi) is 6.17. The van der Waals surface area contributed by atoms with Crippen molar-refractivity contribution in [1.29, 1.82) is 0 Å². The van der Waals surface area contributed by atoms with Crippen molar-refractivity contribution in [2.45, 2.75) is 76.0 Å². The molecule has 2 saturated heterocycles. The summed E-state index contributed by atoms with van der Waals surface area (Å²) in [4.78, 5) is 17.4. The van der Waals surface area contributed by atoms with Crippen LogP contribution in [0.25, 0.3) is 0 Å². The highest BCUT2D eigenvalue weighted by Crippen LogP contribution is 2.22. The van der Waals surface area contributed by atoms with Crippen molar-refractivity contribution in [1.82, 2.24) is 15.1 Å². The molecular weight excluding hydrogens is 290 g/mol. The van der Waals surface area contributed by atoms with Gasteiger partial charge in [0.1, 0.15) is 0 Å². The Balaban J connectivity index is 1.59. The average molecular weight is 323 g/mol. The van der Waals surface area contributed by atoms with Crippen molar-refractivity contribution >= 4 is 6.03 Å². The summed E-state index contributed by atoms with van der Waals surface area (Å²) in [5.41, 5.74) is 0. The molecule has 3 fully saturated rings. The Morgan fingerprint density at radius 1 is 1.09 bits per heavy atom. The summed E-state index contributed by atoms with van der Waals surface area (Å²) in [6.45, 7) is 3.80. The molecule has 1 N–H and O–H groups in total. The van der Waals surface area contributed by atoms with E-state index in [1.54, 1.807) is 0 Å². The number of nitrogens with zero attached hydrogens (tertiary/aromatic N) is 2. The van der Waals surface area contributed by atoms with Gasteiger partial charge in [0.05, 0.1) is 6.10 Å². The van der Waals surface area contributed by atoms with Gasteiger partial charge >= 0.3 is 6.03 Å². The Bertz CT molecular complexity index is 370. The fourth-order valence-corrected chi connectivity index (χ4v) is 4.22. The van der Waals surface area contributed by atoms with Crippen LogP contribution in [0, 0.1) is 0 Å². The molecule has 5 nitrogen and oxygen atoms in total. The quantitative estimate of drug-likeness (QED) is 0.865. The lowest BCUT2D eigenvalue weighted by Gasteiger charge is -2.39. The first kappa shape index (κ1) is 17.0. The van der Waals surface area contributed by atoms with Crippen LogP contribution in [0.4, 0.5) is 4.79 Å². The van der Waals surface area contributed by atoms with Crippen molar-refractivity contribution in [3.05, 3.63) is 0 Å². The van der Waals surface area contributed by atoms with Crippen LogP contribution in [0.3, 0.4) is 0 Å². The molecule has 1 atom stereocenters. The molecule has 0 aromatic rings. The molecule has 2 amide bonds. The first-order valence-corrected chi connectivity index (χ1v) is 9.59. The lowest BCUT2D eigenvalue weighted by molar-refractivity contribution is 0.0558. The molecule has 132 valence electrons. The first-order valence-electron chi connectivity index (χ1n) is 9.59.